The van der Waals surface area contributed by atoms with Crippen molar-refractivity contribution in [3.63, 3.8) is 0 Å². The largest absolute Gasteiger partial charge is 0.497 e. The molecule has 1 N–H and O–H groups in total. The highest BCUT2D eigenvalue weighted by Crippen LogP contribution is 2.25. The van der Waals surface area contributed by atoms with E-state index in [1.54, 1.807) is 20.1 Å². The third-order valence-electron chi connectivity index (χ3n) is 3.96. The predicted octanol–water partition coefficient (Wildman–Crippen LogP) is 4.12. The van der Waals surface area contributed by atoms with Gasteiger partial charge in [0.1, 0.15) is 11.5 Å². The van der Waals surface area contributed by atoms with Gasteiger partial charge in [0.2, 0.25) is 0 Å². The van der Waals surface area contributed by atoms with Crippen LogP contribution in [0, 0.1) is 6.92 Å². The smallest absolute Gasteiger partial charge is 0.255 e. The van der Waals surface area contributed by atoms with Gasteiger partial charge in [0.15, 0.2) is 0 Å². The van der Waals surface area contributed by atoms with Gasteiger partial charge in [0.25, 0.3) is 5.91 Å². The standard InChI is InChI=1S/C20H19NO3/c1-14-18(12-13-24-14)20(22)21-19(15-6-4-3-5-7-15)16-8-10-17(23-2)11-9-16/h3-13,19H,1-2H3,(H,21,22)/t19-/m1/s1. The molecule has 0 aliphatic rings. The molecule has 0 saturated carbocycles. The molecule has 1 amide bonds. The normalized spacial score (nSPS) is 11.8. The first-order valence-corrected chi connectivity index (χ1v) is 7.73. The van der Waals surface area contributed by atoms with E-state index in [9.17, 15) is 4.79 Å². The lowest BCUT2D eigenvalue weighted by Crippen LogP contribution is -2.29. The number of amides is 1. The molecule has 4 nitrogen and oxygen atoms in total. The number of hydrogen-bond acceptors (Lipinski definition) is 3. The highest BCUT2D eigenvalue weighted by molar-refractivity contribution is 5.95. The molecule has 0 radical (unpaired) electrons. The molecule has 1 atom stereocenters. The fourth-order valence-electron chi connectivity index (χ4n) is 2.63. The molecule has 4 heteroatoms. The van der Waals surface area contributed by atoms with Crippen molar-refractivity contribution >= 4 is 5.91 Å². The number of carbonyl (C=O) groups is 1. The van der Waals surface area contributed by atoms with E-state index in [0.29, 0.717) is 11.3 Å². The third kappa shape index (κ3) is 3.33. The van der Waals surface area contributed by atoms with Crippen LogP contribution in [-0.2, 0) is 0 Å². The van der Waals surface area contributed by atoms with Crippen molar-refractivity contribution in [2.24, 2.45) is 0 Å². The van der Waals surface area contributed by atoms with Crippen LogP contribution in [0.3, 0.4) is 0 Å². The molecule has 24 heavy (non-hydrogen) atoms. The second kappa shape index (κ2) is 7.04. The van der Waals surface area contributed by atoms with E-state index in [1.165, 1.54) is 6.26 Å². The van der Waals surface area contributed by atoms with E-state index in [2.05, 4.69) is 5.32 Å². The summed E-state index contributed by atoms with van der Waals surface area (Å²) in [5, 5.41) is 3.09. The Morgan fingerprint density at radius 1 is 1.00 bits per heavy atom. The maximum Gasteiger partial charge on any atom is 0.255 e. The lowest BCUT2D eigenvalue weighted by molar-refractivity contribution is 0.0941. The van der Waals surface area contributed by atoms with Crippen molar-refractivity contribution in [2.45, 2.75) is 13.0 Å². The molecule has 0 saturated heterocycles. The molecular weight excluding hydrogens is 302 g/mol. The van der Waals surface area contributed by atoms with Crippen molar-refractivity contribution in [3.8, 4) is 5.75 Å². The third-order valence-corrected chi connectivity index (χ3v) is 3.96. The quantitative estimate of drug-likeness (QED) is 0.769. The van der Waals surface area contributed by atoms with Gasteiger partial charge in [-0.3, -0.25) is 4.79 Å². The van der Waals surface area contributed by atoms with Crippen LogP contribution < -0.4 is 10.1 Å². The highest BCUT2D eigenvalue weighted by Gasteiger charge is 2.19. The van der Waals surface area contributed by atoms with Gasteiger partial charge in [-0.05, 0) is 36.2 Å². The first-order valence-electron chi connectivity index (χ1n) is 7.73. The summed E-state index contributed by atoms with van der Waals surface area (Å²) < 4.78 is 10.4. The van der Waals surface area contributed by atoms with Crippen LogP contribution >= 0.6 is 0 Å². The Morgan fingerprint density at radius 3 is 2.25 bits per heavy atom. The van der Waals surface area contributed by atoms with Crippen molar-refractivity contribution in [1.29, 1.82) is 0 Å². The molecule has 0 aliphatic carbocycles. The minimum absolute atomic E-state index is 0.161. The molecule has 0 aliphatic heterocycles. The number of nitrogens with one attached hydrogen (secondary N) is 1. The van der Waals surface area contributed by atoms with Crippen LogP contribution in [0.15, 0.2) is 71.3 Å². The van der Waals surface area contributed by atoms with Crippen molar-refractivity contribution < 1.29 is 13.9 Å². The Balaban J connectivity index is 1.93. The maximum absolute atomic E-state index is 12.6. The Bertz CT molecular complexity index is 806. The van der Waals surface area contributed by atoms with Crippen molar-refractivity contribution in [3.05, 3.63) is 89.4 Å². The molecule has 0 unspecified atom stereocenters. The molecule has 3 rings (SSSR count). The van der Waals surface area contributed by atoms with Crippen LogP contribution in [0.25, 0.3) is 0 Å². The maximum atomic E-state index is 12.6. The Labute approximate surface area is 141 Å². The number of ether oxygens (including phenoxy) is 1. The van der Waals surface area contributed by atoms with Gasteiger partial charge in [0.05, 0.1) is 25.0 Å². The van der Waals surface area contributed by atoms with Gasteiger partial charge in [-0.2, -0.15) is 0 Å². The first kappa shape index (κ1) is 15.9. The van der Waals surface area contributed by atoms with Crippen molar-refractivity contribution in [2.75, 3.05) is 7.11 Å². The Kier molecular flexibility index (Phi) is 4.66. The number of rotatable bonds is 5. The number of carbonyl (C=O) groups excluding carboxylic acids is 1. The summed E-state index contributed by atoms with van der Waals surface area (Å²) in [5.41, 5.74) is 2.54. The number of aryl methyl sites for hydroxylation is 1. The monoisotopic (exact) mass is 321 g/mol. The second-order valence-corrected chi connectivity index (χ2v) is 5.48. The number of hydrogen-bond donors (Lipinski definition) is 1. The molecule has 0 bridgehead atoms. The van der Waals surface area contributed by atoms with Gasteiger partial charge in [-0.25, -0.2) is 0 Å². The summed E-state index contributed by atoms with van der Waals surface area (Å²) in [6, 6.07) is 19.0. The van der Waals surface area contributed by atoms with E-state index in [4.69, 9.17) is 9.15 Å². The summed E-state index contributed by atoms with van der Waals surface area (Å²) in [4.78, 5) is 12.6. The SMILES string of the molecule is COc1ccc([C@H](NC(=O)c2ccoc2C)c2ccccc2)cc1. The summed E-state index contributed by atoms with van der Waals surface area (Å²) in [6.07, 6.45) is 1.52. The van der Waals surface area contributed by atoms with E-state index in [0.717, 1.165) is 16.9 Å². The lowest BCUT2D eigenvalue weighted by atomic mass is 9.98. The molecular formula is C20H19NO3. The minimum Gasteiger partial charge on any atom is -0.497 e. The van der Waals surface area contributed by atoms with Crippen LogP contribution in [-0.4, -0.2) is 13.0 Å². The molecule has 0 spiro atoms. The highest BCUT2D eigenvalue weighted by atomic mass is 16.5. The van der Waals surface area contributed by atoms with Crippen molar-refractivity contribution in [1.82, 2.24) is 5.32 Å². The van der Waals surface area contributed by atoms with Gasteiger partial charge >= 0.3 is 0 Å². The topological polar surface area (TPSA) is 51.5 Å². The van der Waals surface area contributed by atoms with Gasteiger partial charge in [0, 0.05) is 0 Å². The molecule has 122 valence electrons. The summed E-state index contributed by atoms with van der Waals surface area (Å²) in [6.45, 7) is 1.78. The van der Waals surface area contributed by atoms with Gasteiger partial charge < -0.3 is 14.5 Å². The molecule has 1 heterocycles. The summed E-state index contributed by atoms with van der Waals surface area (Å²) in [5.74, 6) is 1.22. The summed E-state index contributed by atoms with van der Waals surface area (Å²) in [7, 11) is 1.63. The van der Waals surface area contributed by atoms with Crippen LogP contribution in [0.5, 0.6) is 5.75 Å². The fraction of sp³-hybridized carbons (Fsp3) is 0.150. The zero-order valence-corrected chi connectivity index (χ0v) is 13.7. The molecule has 1 aromatic heterocycles. The zero-order valence-electron chi connectivity index (χ0n) is 13.7. The van der Waals surface area contributed by atoms with Gasteiger partial charge in [-0.15, -0.1) is 0 Å². The minimum atomic E-state index is -0.251. The number of benzene rings is 2. The van der Waals surface area contributed by atoms with E-state index in [1.807, 2.05) is 54.6 Å². The van der Waals surface area contributed by atoms with E-state index >= 15 is 0 Å². The predicted molar refractivity (Wildman–Crippen MR) is 92.2 cm³/mol. The van der Waals surface area contributed by atoms with Crippen LogP contribution in [0.2, 0.25) is 0 Å². The molecule has 0 fully saturated rings. The Hall–Kier alpha value is -3.01. The number of furan rings is 1. The number of methoxy groups -OCH3 is 1. The first-order chi connectivity index (χ1) is 11.7. The average Bonchev–Trinajstić information content (AvgIpc) is 3.06. The Morgan fingerprint density at radius 2 is 1.67 bits per heavy atom. The second-order valence-electron chi connectivity index (χ2n) is 5.48. The summed E-state index contributed by atoms with van der Waals surface area (Å²) >= 11 is 0. The van der Waals surface area contributed by atoms with Gasteiger partial charge in [-0.1, -0.05) is 42.5 Å². The molecule has 3 aromatic rings. The lowest BCUT2D eigenvalue weighted by Gasteiger charge is -2.20. The molecule has 2 aromatic carbocycles. The van der Waals surface area contributed by atoms with E-state index in [-0.39, 0.29) is 11.9 Å². The van der Waals surface area contributed by atoms with E-state index < -0.39 is 0 Å². The fourth-order valence-corrected chi connectivity index (χ4v) is 2.63. The van der Waals surface area contributed by atoms with Crippen LogP contribution in [0.4, 0.5) is 0 Å². The average molecular weight is 321 g/mol. The zero-order chi connectivity index (χ0) is 16.9. The van der Waals surface area contributed by atoms with Crippen LogP contribution in [0.1, 0.15) is 33.3 Å².